The van der Waals surface area contributed by atoms with E-state index in [1.807, 2.05) is 0 Å². The maximum Gasteiger partial charge on any atom is 0.321 e. The molecule has 0 aromatic carbocycles. The summed E-state index contributed by atoms with van der Waals surface area (Å²) in [5.74, 6) is -0.661. The van der Waals surface area contributed by atoms with Crippen LogP contribution in [0.4, 0.5) is 0 Å². The molecule has 1 aromatic rings. The first kappa shape index (κ1) is 15.7. The zero-order valence-electron chi connectivity index (χ0n) is 9.57. The van der Waals surface area contributed by atoms with Crippen molar-refractivity contribution in [1.29, 1.82) is 0 Å². The minimum atomic E-state index is -3.86. The number of ether oxygens (including phenoxy) is 1. The molecule has 1 rings (SSSR count). The van der Waals surface area contributed by atoms with Crippen LogP contribution < -0.4 is 4.72 Å². The van der Waals surface area contributed by atoms with E-state index in [1.165, 1.54) is 6.07 Å². The second-order valence-electron chi connectivity index (χ2n) is 3.55. The SMILES string of the molecule is CC(C)OC(=O)CNS(=O)(=O)c1cc(Cl)sc1Cl. The van der Waals surface area contributed by atoms with E-state index in [2.05, 4.69) is 4.72 Å². The van der Waals surface area contributed by atoms with Crippen molar-refractivity contribution in [2.24, 2.45) is 0 Å². The molecule has 18 heavy (non-hydrogen) atoms. The number of nitrogens with one attached hydrogen (secondary N) is 1. The molecule has 1 heterocycles. The van der Waals surface area contributed by atoms with E-state index in [0.717, 1.165) is 11.3 Å². The van der Waals surface area contributed by atoms with Crippen LogP contribution >= 0.6 is 34.5 Å². The van der Waals surface area contributed by atoms with E-state index in [9.17, 15) is 13.2 Å². The molecule has 9 heteroatoms. The van der Waals surface area contributed by atoms with E-state index in [-0.39, 0.29) is 19.7 Å². The molecule has 0 saturated carbocycles. The van der Waals surface area contributed by atoms with Gasteiger partial charge in [-0.1, -0.05) is 23.2 Å². The average Bonchev–Trinajstić information content (AvgIpc) is 2.55. The van der Waals surface area contributed by atoms with Gasteiger partial charge >= 0.3 is 5.97 Å². The summed E-state index contributed by atoms with van der Waals surface area (Å²) in [5.41, 5.74) is 0. The van der Waals surface area contributed by atoms with Crippen molar-refractivity contribution >= 4 is 50.5 Å². The summed E-state index contributed by atoms with van der Waals surface area (Å²) in [4.78, 5) is 11.1. The number of hydrogen-bond donors (Lipinski definition) is 1. The van der Waals surface area contributed by atoms with Crippen molar-refractivity contribution in [3.63, 3.8) is 0 Å². The molecule has 102 valence electrons. The Morgan fingerprint density at radius 3 is 2.56 bits per heavy atom. The van der Waals surface area contributed by atoms with Gasteiger partial charge in [-0.05, 0) is 19.9 Å². The number of sulfonamides is 1. The molecule has 0 radical (unpaired) electrons. The molecule has 0 unspecified atom stereocenters. The zero-order valence-corrected chi connectivity index (χ0v) is 12.7. The van der Waals surface area contributed by atoms with E-state index < -0.39 is 22.5 Å². The van der Waals surface area contributed by atoms with Crippen LogP contribution in [0.2, 0.25) is 8.67 Å². The van der Waals surface area contributed by atoms with Gasteiger partial charge in [0.05, 0.1) is 10.4 Å². The minimum Gasteiger partial charge on any atom is -0.462 e. The van der Waals surface area contributed by atoms with Gasteiger partial charge in [0.2, 0.25) is 10.0 Å². The summed E-state index contributed by atoms with van der Waals surface area (Å²) < 4.78 is 30.8. The lowest BCUT2D eigenvalue weighted by atomic mass is 10.5. The van der Waals surface area contributed by atoms with E-state index in [0.29, 0.717) is 0 Å². The number of thiophene rings is 1. The number of hydrogen-bond acceptors (Lipinski definition) is 5. The first-order valence-corrected chi connectivity index (χ1v) is 7.92. The third kappa shape index (κ3) is 4.40. The zero-order chi connectivity index (χ0) is 13.9. The van der Waals surface area contributed by atoms with Gasteiger partial charge in [0.25, 0.3) is 0 Å². The molecule has 0 fully saturated rings. The summed E-state index contributed by atoms with van der Waals surface area (Å²) in [6.07, 6.45) is -0.304. The van der Waals surface area contributed by atoms with Gasteiger partial charge < -0.3 is 4.74 Å². The van der Waals surface area contributed by atoms with E-state index in [4.69, 9.17) is 27.9 Å². The van der Waals surface area contributed by atoms with Crippen LogP contribution in [0.25, 0.3) is 0 Å². The van der Waals surface area contributed by atoms with Crippen LogP contribution in [0.1, 0.15) is 13.8 Å². The number of carbonyl (C=O) groups excluding carboxylic acids is 1. The highest BCUT2D eigenvalue weighted by Crippen LogP contribution is 2.33. The van der Waals surface area contributed by atoms with E-state index in [1.54, 1.807) is 13.8 Å². The van der Waals surface area contributed by atoms with Crippen LogP contribution in [-0.2, 0) is 19.6 Å². The van der Waals surface area contributed by atoms with Crippen molar-refractivity contribution in [2.75, 3.05) is 6.54 Å². The van der Waals surface area contributed by atoms with E-state index >= 15 is 0 Å². The van der Waals surface area contributed by atoms with Crippen molar-refractivity contribution in [3.8, 4) is 0 Å². The maximum atomic E-state index is 11.8. The number of halogens is 2. The molecule has 0 bridgehead atoms. The Balaban J connectivity index is 2.72. The lowest BCUT2D eigenvalue weighted by Crippen LogP contribution is -2.31. The standard InChI is InChI=1S/C9H11Cl2NO4S2/c1-5(2)16-8(13)4-12-18(14,15)6-3-7(10)17-9(6)11/h3,5,12H,4H2,1-2H3. The van der Waals surface area contributed by atoms with Crippen molar-refractivity contribution in [1.82, 2.24) is 4.72 Å². The number of rotatable bonds is 5. The molecule has 5 nitrogen and oxygen atoms in total. The smallest absolute Gasteiger partial charge is 0.321 e. The molecule has 1 aromatic heterocycles. The van der Waals surface area contributed by atoms with Crippen molar-refractivity contribution in [3.05, 3.63) is 14.7 Å². The molecule has 0 aliphatic rings. The van der Waals surface area contributed by atoms with Crippen molar-refractivity contribution < 1.29 is 17.9 Å². The fourth-order valence-corrected chi connectivity index (χ4v) is 4.16. The molecule has 0 saturated heterocycles. The molecule has 0 atom stereocenters. The summed E-state index contributed by atoms with van der Waals surface area (Å²) in [5, 5.41) is 0. The Bertz CT molecular complexity index is 539. The third-order valence-electron chi connectivity index (χ3n) is 1.69. The molecule has 0 amide bonds. The third-order valence-corrected chi connectivity index (χ3v) is 4.84. The minimum absolute atomic E-state index is 0.0460. The second kappa shape index (κ2) is 6.21. The Kier molecular flexibility index (Phi) is 5.42. The van der Waals surface area contributed by atoms with Gasteiger partial charge in [-0.2, -0.15) is 4.72 Å². The van der Waals surface area contributed by atoms with Gasteiger partial charge in [0.1, 0.15) is 15.8 Å². The Labute approximate surface area is 119 Å². The van der Waals surface area contributed by atoms with Gasteiger partial charge in [-0.15, -0.1) is 11.3 Å². The summed E-state index contributed by atoms with van der Waals surface area (Å²) in [6, 6.07) is 1.23. The van der Waals surface area contributed by atoms with Gasteiger partial charge in [0, 0.05) is 0 Å². The van der Waals surface area contributed by atoms with Crippen LogP contribution in [0.5, 0.6) is 0 Å². The summed E-state index contributed by atoms with van der Waals surface area (Å²) >= 11 is 12.3. The second-order valence-corrected chi connectivity index (χ2v) is 7.57. The van der Waals surface area contributed by atoms with Gasteiger partial charge in [0.15, 0.2) is 0 Å². The average molecular weight is 332 g/mol. The molecule has 0 aliphatic carbocycles. The van der Waals surface area contributed by atoms with Crippen LogP contribution in [0.3, 0.4) is 0 Å². The predicted molar refractivity (Wildman–Crippen MR) is 70.8 cm³/mol. The molecule has 1 N–H and O–H groups in total. The van der Waals surface area contributed by atoms with Crippen LogP contribution in [-0.4, -0.2) is 27.0 Å². The highest BCUT2D eigenvalue weighted by atomic mass is 35.5. The lowest BCUT2D eigenvalue weighted by Gasteiger charge is -2.08. The summed E-state index contributed by atoms with van der Waals surface area (Å²) in [7, 11) is -3.86. The number of esters is 1. The molecule has 0 aliphatic heterocycles. The summed E-state index contributed by atoms with van der Waals surface area (Å²) in [6.45, 7) is 2.88. The molecular formula is C9H11Cl2NO4S2. The normalized spacial score (nSPS) is 11.8. The topological polar surface area (TPSA) is 72.5 Å². The first-order chi connectivity index (χ1) is 8.22. The fraction of sp³-hybridized carbons (Fsp3) is 0.444. The fourth-order valence-electron chi connectivity index (χ4n) is 1.04. The number of carbonyl (C=O) groups is 1. The van der Waals surface area contributed by atoms with Crippen LogP contribution in [0.15, 0.2) is 11.0 Å². The van der Waals surface area contributed by atoms with Crippen LogP contribution in [0, 0.1) is 0 Å². The maximum absolute atomic E-state index is 11.8. The Morgan fingerprint density at radius 2 is 2.11 bits per heavy atom. The van der Waals surface area contributed by atoms with Crippen molar-refractivity contribution in [2.45, 2.75) is 24.8 Å². The molecular weight excluding hydrogens is 321 g/mol. The predicted octanol–water partition coefficient (Wildman–Crippen LogP) is 2.28. The highest BCUT2D eigenvalue weighted by molar-refractivity contribution is 7.89. The quantitative estimate of drug-likeness (QED) is 0.840. The Hall–Kier alpha value is -0.340. The lowest BCUT2D eigenvalue weighted by molar-refractivity contribution is -0.145. The largest absolute Gasteiger partial charge is 0.462 e. The van der Waals surface area contributed by atoms with Gasteiger partial charge in [-0.3, -0.25) is 4.79 Å². The monoisotopic (exact) mass is 331 g/mol. The van der Waals surface area contributed by atoms with Gasteiger partial charge in [-0.25, -0.2) is 8.42 Å². The highest BCUT2D eigenvalue weighted by Gasteiger charge is 2.22. The first-order valence-electron chi connectivity index (χ1n) is 4.86. The Morgan fingerprint density at radius 1 is 1.50 bits per heavy atom. The molecule has 0 spiro atoms.